The van der Waals surface area contributed by atoms with Crippen molar-refractivity contribution in [2.75, 3.05) is 26.4 Å². The molecule has 0 radical (unpaired) electrons. The van der Waals surface area contributed by atoms with Gasteiger partial charge in [0, 0.05) is 19.3 Å². The van der Waals surface area contributed by atoms with Gasteiger partial charge < -0.3 is 24.2 Å². The average Bonchev–Trinajstić information content (AvgIpc) is 3.39. The van der Waals surface area contributed by atoms with Gasteiger partial charge in [0.1, 0.15) is 12.7 Å². The van der Waals surface area contributed by atoms with Crippen LogP contribution in [0.3, 0.4) is 0 Å². The molecule has 74 heavy (non-hydrogen) atoms. The van der Waals surface area contributed by atoms with Crippen molar-refractivity contribution >= 4 is 25.7 Å². The van der Waals surface area contributed by atoms with Gasteiger partial charge in [0.2, 0.25) is 0 Å². The lowest BCUT2D eigenvalue weighted by Crippen LogP contribution is -2.30. The van der Waals surface area contributed by atoms with Crippen molar-refractivity contribution in [1.29, 1.82) is 0 Å². The van der Waals surface area contributed by atoms with E-state index in [1.807, 2.05) is 0 Å². The standard InChI is InChI=1S/C62H115O11P/c1-4-7-10-13-16-19-22-25-28-29-32-33-36-39-42-45-48-51-60(64)69-55-59(73-62(66)53-50-47-44-41-38-35-31-27-24-21-18-15-12-9-6-3)57-71-74(67,68)70-56-58(54-63)72-61(65)52-49-46-43-40-37-34-30-26-23-20-17-14-11-8-5-2/h18,21,26-27,30-31,58-59,63H,4-17,19-20,22-25,28-29,32-57H2,1-3H3,(H,67,68)/b21-18-,30-26-,31-27-. The molecule has 0 spiro atoms. The molecule has 0 rings (SSSR count). The molecule has 2 N–H and O–H groups in total. The first-order valence-corrected chi connectivity index (χ1v) is 32.4. The fourth-order valence-electron chi connectivity index (χ4n) is 8.79. The fraction of sp³-hybridized carbons (Fsp3) is 0.855. The van der Waals surface area contributed by atoms with Crippen LogP contribution in [0, 0.1) is 0 Å². The van der Waals surface area contributed by atoms with Crippen molar-refractivity contribution in [3.63, 3.8) is 0 Å². The van der Waals surface area contributed by atoms with Gasteiger partial charge in [0.15, 0.2) is 6.10 Å². The van der Waals surface area contributed by atoms with Gasteiger partial charge in [-0.15, -0.1) is 0 Å². The summed E-state index contributed by atoms with van der Waals surface area (Å²) in [5.74, 6) is -1.47. The Balaban J connectivity index is 4.69. The Kier molecular flexibility index (Phi) is 55.1. The van der Waals surface area contributed by atoms with E-state index in [9.17, 15) is 28.9 Å². The van der Waals surface area contributed by atoms with Crippen LogP contribution in [0.2, 0.25) is 0 Å². The highest BCUT2D eigenvalue weighted by Crippen LogP contribution is 2.43. The number of carbonyl (C=O) groups is 3. The number of ether oxygens (including phenoxy) is 3. The molecule has 0 aliphatic carbocycles. The molecule has 0 saturated carbocycles. The number of esters is 3. The van der Waals surface area contributed by atoms with Crippen LogP contribution in [0.1, 0.15) is 303 Å². The summed E-state index contributed by atoms with van der Waals surface area (Å²) < 4.78 is 39.6. The lowest BCUT2D eigenvalue weighted by Gasteiger charge is -2.21. The molecule has 0 aliphatic heterocycles. The van der Waals surface area contributed by atoms with Gasteiger partial charge in [-0.25, -0.2) is 4.57 Å². The molecular weight excluding hydrogens is 952 g/mol. The Bertz CT molecular complexity index is 1380. The predicted octanol–water partition coefficient (Wildman–Crippen LogP) is 18.4. The Morgan fingerprint density at radius 1 is 0.378 bits per heavy atom. The van der Waals surface area contributed by atoms with Crippen LogP contribution >= 0.6 is 7.82 Å². The first kappa shape index (κ1) is 71.7. The van der Waals surface area contributed by atoms with Crippen molar-refractivity contribution in [2.24, 2.45) is 0 Å². The van der Waals surface area contributed by atoms with Gasteiger partial charge in [-0.3, -0.25) is 23.4 Å². The van der Waals surface area contributed by atoms with Crippen LogP contribution in [0.4, 0.5) is 0 Å². The van der Waals surface area contributed by atoms with E-state index >= 15 is 0 Å². The maximum absolute atomic E-state index is 12.9. The molecule has 0 aliphatic rings. The Morgan fingerprint density at radius 3 is 1.04 bits per heavy atom. The summed E-state index contributed by atoms with van der Waals surface area (Å²) in [7, 11) is -4.75. The minimum Gasteiger partial charge on any atom is -0.462 e. The SMILES string of the molecule is CCCCC/C=C\C/C=C\CCCCCCCC(=O)OC(COC(=O)CCCCCCCCCCCCCCCCCCC)COP(=O)(O)OCC(CO)OC(=O)CCCCCCC/C=C\CCCCCCCC. The number of phosphoric ester groups is 1. The number of rotatable bonds is 58. The fourth-order valence-corrected chi connectivity index (χ4v) is 9.58. The molecular formula is C62H115O11P. The van der Waals surface area contributed by atoms with Crippen LogP contribution in [0.15, 0.2) is 36.5 Å². The van der Waals surface area contributed by atoms with Crippen molar-refractivity contribution in [2.45, 2.75) is 315 Å². The second-order valence-electron chi connectivity index (χ2n) is 20.9. The second kappa shape index (κ2) is 56.9. The molecule has 0 amide bonds. The molecule has 3 atom stereocenters. The van der Waals surface area contributed by atoms with Crippen molar-refractivity contribution < 1.29 is 52.2 Å². The topological polar surface area (TPSA) is 155 Å². The van der Waals surface area contributed by atoms with Crippen LogP contribution < -0.4 is 0 Å². The van der Waals surface area contributed by atoms with E-state index in [0.29, 0.717) is 19.3 Å². The maximum atomic E-state index is 12.9. The zero-order valence-electron chi connectivity index (χ0n) is 48.1. The zero-order valence-corrected chi connectivity index (χ0v) is 49.0. The summed E-state index contributed by atoms with van der Waals surface area (Å²) >= 11 is 0. The van der Waals surface area contributed by atoms with E-state index in [4.69, 9.17) is 23.3 Å². The summed E-state index contributed by atoms with van der Waals surface area (Å²) in [5, 5.41) is 9.83. The van der Waals surface area contributed by atoms with Gasteiger partial charge in [0.25, 0.3) is 0 Å². The first-order chi connectivity index (χ1) is 36.2. The quantitative estimate of drug-likeness (QED) is 0.0197. The lowest BCUT2D eigenvalue weighted by atomic mass is 10.0. The van der Waals surface area contributed by atoms with Crippen molar-refractivity contribution in [3.8, 4) is 0 Å². The zero-order chi connectivity index (χ0) is 54.1. The number of allylic oxidation sites excluding steroid dienone is 6. The van der Waals surface area contributed by atoms with Gasteiger partial charge in [-0.2, -0.15) is 0 Å². The summed E-state index contributed by atoms with van der Waals surface area (Å²) in [5.41, 5.74) is 0. The monoisotopic (exact) mass is 1070 g/mol. The van der Waals surface area contributed by atoms with Gasteiger partial charge in [-0.05, 0) is 77.0 Å². The highest BCUT2D eigenvalue weighted by Gasteiger charge is 2.28. The molecule has 434 valence electrons. The van der Waals surface area contributed by atoms with Crippen LogP contribution in [0.5, 0.6) is 0 Å². The molecule has 0 bridgehead atoms. The second-order valence-corrected chi connectivity index (χ2v) is 22.3. The Labute approximate surface area is 454 Å². The Morgan fingerprint density at radius 2 is 0.662 bits per heavy atom. The van der Waals surface area contributed by atoms with Crippen molar-refractivity contribution in [1.82, 2.24) is 0 Å². The van der Waals surface area contributed by atoms with E-state index in [0.717, 1.165) is 103 Å². The number of phosphoric acid groups is 1. The number of hydrogen-bond acceptors (Lipinski definition) is 10. The summed E-state index contributed by atoms with van der Waals surface area (Å²) in [6.45, 7) is 4.64. The predicted molar refractivity (Wildman–Crippen MR) is 307 cm³/mol. The minimum absolute atomic E-state index is 0.155. The van der Waals surface area contributed by atoms with Gasteiger partial charge in [0.05, 0.1) is 19.8 Å². The molecule has 0 aromatic rings. The molecule has 0 heterocycles. The molecule has 11 nitrogen and oxygen atoms in total. The number of carbonyl (C=O) groups excluding carboxylic acids is 3. The highest BCUT2D eigenvalue weighted by atomic mass is 31.2. The first-order valence-electron chi connectivity index (χ1n) is 30.9. The third-order valence-electron chi connectivity index (χ3n) is 13.5. The highest BCUT2D eigenvalue weighted by molar-refractivity contribution is 7.47. The third kappa shape index (κ3) is 54.5. The van der Waals surface area contributed by atoms with Crippen LogP contribution in [-0.2, 0) is 42.2 Å². The maximum Gasteiger partial charge on any atom is 0.472 e. The molecule has 0 aromatic heterocycles. The largest absolute Gasteiger partial charge is 0.472 e. The minimum atomic E-state index is -4.75. The molecule has 3 unspecified atom stereocenters. The molecule has 0 aromatic carbocycles. The molecule has 0 fully saturated rings. The molecule has 12 heteroatoms. The number of aliphatic hydroxyl groups excluding tert-OH is 1. The summed E-state index contributed by atoms with van der Waals surface area (Å²) in [6.07, 6.45) is 59.5. The van der Waals surface area contributed by atoms with E-state index < -0.39 is 57.8 Å². The van der Waals surface area contributed by atoms with E-state index in [-0.39, 0.29) is 25.9 Å². The van der Waals surface area contributed by atoms with Crippen molar-refractivity contribution in [3.05, 3.63) is 36.5 Å². The van der Waals surface area contributed by atoms with E-state index in [1.165, 1.54) is 141 Å². The average molecular weight is 1070 g/mol. The lowest BCUT2D eigenvalue weighted by molar-refractivity contribution is -0.161. The van der Waals surface area contributed by atoms with E-state index in [2.05, 4.69) is 57.2 Å². The van der Waals surface area contributed by atoms with Crippen LogP contribution in [-0.4, -0.2) is 66.5 Å². The van der Waals surface area contributed by atoms with E-state index in [1.54, 1.807) is 0 Å². The van der Waals surface area contributed by atoms with Gasteiger partial charge in [-0.1, -0.05) is 243 Å². The number of aliphatic hydroxyl groups is 1. The number of unbranched alkanes of at least 4 members (excludes halogenated alkanes) is 35. The smallest absolute Gasteiger partial charge is 0.462 e. The summed E-state index contributed by atoms with van der Waals surface area (Å²) in [4.78, 5) is 48.6. The third-order valence-corrected chi connectivity index (χ3v) is 14.5. The molecule has 0 saturated heterocycles. The summed E-state index contributed by atoms with van der Waals surface area (Å²) in [6, 6.07) is 0. The normalized spacial score (nSPS) is 13.5. The number of hydrogen-bond donors (Lipinski definition) is 2. The Hall–Kier alpha value is -2.30. The van der Waals surface area contributed by atoms with Gasteiger partial charge >= 0.3 is 25.7 Å². The van der Waals surface area contributed by atoms with Crippen LogP contribution in [0.25, 0.3) is 0 Å².